The highest BCUT2D eigenvalue weighted by molar-refractivity contribution is 6.08. The first-order valence-electron chi connectivity index (χ1n) is 8.71. The predicted molar refractivity (Wildman–Crippen MR) is 102 cm³/mol. The molecule has 1 aliphatic heterocycles. The van der Waals surface area contributed by atoms with Gasteiger partial charge in [0.25, 0.3) is 11.8 Å². The standard InChI is InChI=1S/C21H22N2O3/c1-14(2)11-12-22-20(24)16-9-7-15(8-10-16)13-19-21(25)23-17-5-3-4-6-18(17)26-19/h3-10,13-14H,11-12H2,1-2H3,(H,22,24)(H,23,25)/b19-13-. The van der Waals surface area contributed by atoms with Gasteiger partial charge in [0.15, 0.2) is 11.5 Å². The van der Waals surface area contributed by atoms with Gasteiger partial charge in [-0.05, 0) is 48.2 Å². The van der Waals surface area contributed by atoms with Gasteiger partial charge in [0.05, 0.1) is 5.69 Å². The fourth-order valence-electron chi connectivity index (χ4n) is 2.56. The number of benzene rings is 2. The molecule has 1 heterocycles. The average molecular weight is 350 g/mol. The van der Waals surface area contributed by atoms with Gasteiger partial charge in [-0.1, -0.05) is 38.1 Å². The molecule has 134 valence electrons. The van der Waals surface area contributed by atoms with Gasteiger partial charge < -0.3 is 15.4 Å². The van der Waals surface area contributed by atoms with Crippen molar-refractivity contribution in [2.24, 2.45) is 5.92 Å². The molecule has 0 aliphatic carbocycles. The van der Waals surface area contributed by atoms with Gasteiger partial charge in [-0.25, -0.2) is 0 Å². The Kier molecular flexibility index (Phi) is 5.37. The molecule has 0 spiro atoms. The van der Waals surface area contributed by atoms with Gasteiger partial charge in [0, 0.05) is 12.1 Å². The van der Waals surface area contributed by atoms with Crippen LogP contribution in [0.15, 0.2) is 54.3 Å². The Morgan fingerprint density at radius 1 is 1.15 bits per heavy atom. The Bertz CT molecular complexity index is 839. The van der Waals surface area contributed by atoms with Crippen LogP contribution in [-0.2, 0) is 4.79 Å². The van der Waals surface area contributed by atoms with Crippen LogP contribution >= 0.6 is 0 Å². The molecule has 3 rings (SSSR count). The fraction of sp³-hybridized carbons (Fsp3) is 0.238. The topological polar surface area (TPSA) is 67.4 Å². The molecule has 5 nitrogen and oxygen atoms in total. The highest BCUT2D eigenvalue weighted by Crippen LogP contribution is 2.30. The summed E-state index contributed by atoms with van der Waals surface area (Å²) in [5.74, 6) is 0.998. The molecule has 2 amide bonds. The van der Waals surface area contributed by atoms with Gasteiger partial charge in [-0.3, -0.25) is 9.59 Å². The van der Waals surface area contributed by atoms with Crippen molar-refractivity contribution in [1.82, 2.24) is 5.32 Å². The maximum absolute atomic E-state index is 12.1. The van der Waals surface area contributed by atoms with Crippen molar-refractivity contribution >= 4 is 23.6 Å². The van der Waals surface area contributed by atoms with Gasteiger partial charge in [-0.15, -0.1) is 0 Å². The number of para-hydroxylation sites is 2. The van der Waals surface area contributed by atoms with Crippen molar-refractivity contribution in [3.8, 4) is 5.75 Å². The van der Waals surface area contributed by atoms with Crippen molar-refractivity contribution in [3.05, 3.63) is 65.4 Å². The summed E-state index contributed by atoms with van der Waals surface area (Å²) in [5.41, 5.74) is 2.03. The number of fused-ring (bicyclic) bond motifs is 1. The monoisotopic (exact) mass is 350 g/mol. The van der Waals surface area contributed by atoms with Crippen LogP contribution in [0.5, 0.6) is 5.75 Å². The van der Waals surface area contributed by atoms with Gasteiger partial charge in [0.2, 0.25) is 0 Å². The first-order chi connectivity index (χ1) is 12.5. The van der Waals surface area contributed by atoms with Crippen molar-refractivity contribution in [1.29, 1.82) is 0 Å². The lowest BCUT2D eigenvalue weighted by Gasteiger charge is -2.19. The first kappa shape index (κ1) is 17.7. The van der Waals surface area contributed by atoms with Crippen molar-refractivity contribution in [3.63, 3.8) is 0 Å². The number of nitrogens with one attached hydrogen (secondary N) is 2. The molecule has 1 aliphatic rings. The molecule has 0 radical (unpaired) electrons. The van der Waals surface area contributed by atoms with Crippen LogP contribution in [0, 0.1) is 5.92 Å². The molecule has 2 aromatic rings. The minimum Gasteiger partial charge on any atom is -0.449 e. The highest BCUT2D eigenvalue weighted by Gasteiger charge is 2.21. The third kappa shape index (κ3) is 4.30. The minimum absolute atomic E-state index is 0.0922. The van der Waals surface area contributed by atoms with E-state index in [0.717, 1.165) is 12.0 Å². The van der Waals surface area contributed by atoms with E-state index in [0.29, 0.717) is 29.5 Å². The molecule has 0 saturated heterocycles. The zero-order valence-electron chi connectivity index (χ0n) is 14.9. The van der Waals surface area contributed by atoms with E-state index in [-0.39, 0.29) is 17.6 Å². The number of hydrogen-bond acceptors (Lipinski definition) is 3. The van der Waals surface area contributed by atoms with E-state index in [4.69, 9.17) is 4.74 Å². The number of hydrogen-bond donors (Lipinski definition) is 2. The second-order valence-corrected chi connectivity index (χ2v) is 6.62. The van der Waals surface area contributed by atoms with Crippen LogP contribution < -0.4 is 15.4 Å². The Morgan fingerprint density at radius 3 is 2.62 bits per heavy atom. The largest absolute Gasteiger partial charge is 0.449 e. The normalized spacial score (nSPS) is 14.6. The zero-order chi connectivity index (χ0) is 18.5. The molecule has 0 fully saturated rings. The summed E-state index contributed by atoms with van der Waals surface area (Å²) in [7, 11) is 0. The third-order valence-electron chi connectivity index (χ3n) is 4.06. The van der Waals surface area contributed by atoms with Gasteiger partial charge in [0.1, 0.15) is 0 Å². The first-order valence-corrected chi connectivity index (χ1v) is 8.71. The number of ether oxygens (including phenoxy) is 1. The zero-order valence-corrected chi connectivity index (χ0v) is 14.9. The fourth-order valence-corrected chi connectivity index (χ4v) is 2.56. The molecule has 0 aromatic heterocycles. The Hall–Kier alpha value is -3.08. The Morgan fingerprint density at radius 2 is 1.88 bits per heavy atom. The van der Waals surface area contributed by atoms with E-state index in [9.17, 15) is 9.59 Å². The van der Waals surface area contributed by atoms with Crippen molar-refractivity contribution in [2.45, 2.75) is 20.3 Å². The lowest BCUT2D eigenvalue weighted by Crippen LogP contribution is -2.25. The molecular formula is C21H22N2O3. The molecule has 0 unspecified atom stereocenters. The second-order valence-electron chi connectivity index (χ2n) is 6.62. The van der Waals surface area contributed by atoms with Crippen LogP contribution in [0.2, 0.25) is 0 Å². The molecule has 0 bridgehead atoms. The lowest BCUT2D eigenvalue weighted by molar-refractivity contribution is -0.115. The van der Waals surface area contributed by atoms with Crippen molar-refractivity contribution < 1.29 is 14.3 Å². The van der Waals surface area contributed by atoms with E-state index < -0.39 is 0 Å². The summed E-state index contributed by atoms with van der Waals surface area (Å²) >= 11 is 0. The lowest BCUT2D eigenvalue weighted by atomic mass is 10.1. The maximum atomic E-state index is 12.1. The Labute approximate surface area is 153 Å². The summed E-state index contributed by atoms with van der Waals surface area (Å²) in [6, 6.07) is 14.3. The van der Waals surface area contributed by atoms with E-state index >= 15 is 0 Å². The van der Waals surface area contributed by atoms with Crippen molar-refractivity contribution in [2.75, 3.05) is 11.9 Å². The summed E-state index contributed by atoms with van der Waals surface area (Å²) in [4.78, 5) is 24.2. The Balaban J connectivity index is 1.68. The number of amides is 2. The number of carbonyl (C=O) groups excluding carboxylic acids is 2. The molecule has 26 heavy (non-hydrogen) atoms. The van der Waals surface area contributed by atoms with E-state index in [1.807, 2.05) is 12.1 Å². The summed E-state index contributed by atoms with van der Waals surface area (Å²) in [5, 5.41) is 5.70. The minimum atomic E-state index is -0.292. The van der Waals surface area contributed by atoms with Crippen LogP contribution in [0.25, 0.3) is 6.08 Å². The predicted octanol–water partition coefficient (Wildman–Crippen LogP) is 3.83. The molecular weight excluding hydrogens is 328 g/mol. The molecule has 0 atom stereocenters. The van der Waals surface area contributed by atoms with Crippen LogP contribution in [0.3, 0.4) is 0 Å². The number of anilines is 1. The molecule has 2 aromatic carbocycles. The van der Waals surface area contributed by atoms with Crippen LogP contribution in [0.1, 0.15) is 36.2 Å². The summed E-state index contributed by atoms with van der Waals surface area (Å²) in [6.07, 6.45) is 2.61. The summed E-state index contributed by atoms with van der Waals surface area (Å²) in [6.45, 7) is 4.91. The quantitative estimate of drug-likeness (QED) is 0.805. The molecule has 5 heteroatoms. The van der Waals surface area contributed by atoms with Crippen LogP contribution in [-0.4, -0.2) is 18.4 Å². The highest BCUT2D eigenvalue weighted by atomic mass is 16.5. The second kappa shape index (κ2) is 7.87. The van der Waals surface area contributed by atoms with E-state index in [1.165, 1.54) is 0 Å². The van der Waals surface area contributed by atoms with E-state index in [2.05, 4.69) is 24.5 Å². The SMILES string of the molecule is CC(C)CCNC(=O)c1ccc(/C=C2\Oc3ccccc3NC2=O)cc1. The van der Waals surface area contributed by atoms with E-state index in [1.54, 1.807) is 42.5 Å². The van der Waals surface area contributed by atoms with Crippen LogP contribution in [0.4, 0.5) is 5.69 Å². The maximum Gasteiger partial charge on any atom is 0.291 e. The number of rotatable bonds is 5. The number of carbonyl (C=O) groups is 2. The van der Waals surface area contributed by atoms with Gasteiger partial charge in [-0.2, -0.15) is 0 Å². The smallest absolute Gasteiger partial charge is 0.291 e. The molecule has 0 saturated carbocycles. The summed E-state index contributed by atoms with van der Waals surface area (Å²) < 4.78 is 5.67. The molecule has 2 N–H and O–H groups in total. The third-order valence-corrected chi connectivity index (χ3v) is 4.06. The van der Waals surface area contributed by atoms with Gasteiger partial charge >= 0.3 is 0 Å². The average Bonchev–Trinajstić information content (AvgIpc) is 2.62.